The van der Waals surface area contributed by atoms with Crippen molar-refractivity contribution in [1.29, 1.82) is 0 Å². The molecule has 3 nitrogen and oxygen atoms in total. The Bertz CT molecular complexity index is 147. The maximum atomic E-state index is 11.2. The van der Waals surface area contributed by atoms with E-state index < -0.39 is 0 Å². The molecule has 1 rings (SSSR count). The summed E-state index contributed by atoms with van der Waals surface area (Å²) in [6.07, 6.45) is 2.92. The van der Waals surface area contributed by atoms with Gasteiger partial charge >= 0.3 is 5.97 Å². The van der Waals surface area contributed by atoms with Crippen LogP contribution in [0.25, 0.3) is 0 Å². The highest BCUT2D eigenvalue weighted by Gasteiger charge is 2.31. The second-order valence-electron chi connectivity index (χ2n) is 2.95. The summed E-state index contributed by atoms with van der Waals surface area (Å²) in [7, 11) is 0. The topological polar surface area (TPSA) is 52.3 Å². The average Bonchev–Trinajstić information content (AvgIpc) is 2.36. The standard InChI is InChI=1S/C8H15NO2/c1-2-11-8(10)6-4-3-5-7(6)9/h6-7H,2-5,9H2,1H3/t6-,7-/m1/s1. The summed E-state index contributed by atoms with van der Waals surface area (Å²) in [6.45, 7) is 2.28. The highest BCUT2D eigenvalue weighted by Crippen LogP contribution is 2.24. The smallest absolute Gasteiger partial charge is 0.310 e. The summed E-state index contributed by atoms with van der Waals surface area (Å²) >= 11 is 0. The Morgan fingerprint density at radius 1 is 1.64 bits per heavy atom. The minimum absolute atomic E-state index is 0.0325. The van der Waals surface area contributed by atoms with Crippen LogP contribution < -0.4 is 5.73 Å². The molecule has 0 aliphatic heterocycles. The Morgan fingerprint density at radius 2 is 2.36 bits per heavy atom. The number of ether oxygens (including phenoxy) is 1. The van der Waals surface area contributed by atoms with Crippen molar-refractivity contribution in [2.45, 2.75) is 32.2 Å². The van der Waals surface area contributed by atoms with Crippen LogP contribution in [0.15, 0.2) is 0 Å². The van der Waals surface area contributed by atoms with Gasteiger partial charge in [0, 0.05) is 6.04 Å². The summed E-state index contributed by atoms with van der Waals surface area (Å²) in [4.78, 5) is 11.2. The minimum atomic E-state index is -0.113. The van der Waals surface area contributed by atoms with E-state index in [9.17, 15) is 4.79 Å². The maximum absolute atomic E-state index is 11.2. The lowest BCUT2D eigenvalue weighted by molar-refractivity contribution is -0.148. The number of hydrogen-bond acceptors (Lipinski definition) is 3. The van der Waals surface area contributed by atoms with E-state index in [0.29, 0.717) is 6.61 Å². The van der Waals surface area contributed by atoms with E-state index in [4.69, 9.17) is 10.5 Å². The molecule has 11 heavy (non-hydrogen) atoms. The van der Waals surface area contributed by atoms with Crippen molar-refractivity contribution in [2.75, 3.05) is 6.61 Å². The van der Waals surface area contributed by atoms with Gasteiger partial charge in [0.2, 0.25) is 0 Å². The van der Waals surface area contributed by atoms with Gasteiger partial charge in [-0.15, -0.1) is 0 Å². The predicted molar refractivity (Wildman–Crippen MR) is 41.9 cm³/mol. The number of carbonyl (C=O) groups excluding carboxylic acids is 1. The van der Waals surface area contributed by atoms with Gasteiger partial charge < -0.3 is 10.5 Å². The van der Waals surface area contributed by atoms with Crippen LogP contribution in [-0.4, -0.2) is 18.6 Å². The molecule has 0 radical (unpaired) electrons. The lowest BCUT2D eigenvalue weighted by atomic mass is 10.1. The maximum Gasteiger partial charge on any atom is 0.310 e. The first-order valence-corrected chi connectivity index (χ1v) is 4.18. The first kappa shape index (κ1) is 8.53. The van der Waals surface area contributed by atoms with Crippen LogP contribution in [0.4, 0.5) is 0 Å². The molecule has 0 amide bonds. The zero-order valence-corrected chi connectivity index (χ0v) is 6.88. The monoisotopic (exact) mass is 157 g/mol. The molecule has 3 heteroatoms. The van der Waals surface area contributed by atoms with Crippen LogP contribution >= 0.6 is 0 Å². The lowest BCUT2D eigenvalue weighted by Gasteiger charge is -2.12. The Kier molecular flexibility index (Phi) is 2.88. The predicted octanol–water partition coefficient (Wildman–Crippen LogP) is 0.677. The zero-order chi connectivity index (χ0) is 8.27. The molecule has 0 unspecified atom stereocenters. The van der Waals surface area contributed by atoms with E-state index in [1.54, 1.807) is 0 Å². The number of hydrogen-bond donors (Lipinski definition) is 1. The summed E-state index contributed by atoms with van der Waals surface area (Å²) < 4.78 is 4.88. The van der Waals surface area contributed by atoms with E-state index in [1.165, 1.54) is 0 Å². The Hall–Kier alpha value is -0.570. The van der Waals surface area contributed by atoms with Gasteiger partial charge in [0.1, 0.15) is 0 Å². The first-order valence-electron chi connectivity index (χ1n) is 4.18. The van der Waals surface area contributed by atoms with Crippen LogP contribution in [-0.2, 0) is 9.53 Å². The second kappa shape index (κ2) is 3.72. The molecule has 0 aromatic carbocycles. The van der Waals surface area contributed by atoms with Crippen molar-refractivity contribution >= 4 is 5.97 Å². The minimum Gasteiger partial charge on any atom is -0.466 e. The van der Waals surface area contributed by atoms with Gasteiger partial charge in [-0.25, -0.2) is 0 Å². The quantitative estimate of drug-likeness (QED) is 0.599. The van der Waals surface area contributed by atoms with Crippen molar-refractivity contribution in [3.05, 3.63) is 0 Å². The summed E-state index contributed by atoms with van der Waals surface area (Å²) in [6, 6.07) is 0.0362. The molecular weight excluding hydrogens is 142 g/mol. The largest absolute Gasteiger partial charge is 0.466 e. The van der Waals surface area contributed by atoms with Crippen LogP contribution in [0.2, 0.25) is 0 Å². The molecule has 0 aromatic heterocycles. The number of carbonyl (C=O) groups is 1. The summed E-state index contributed by atoms with van der Waals surface area (Å²) in [5, 5.41) is 0. The lowest BCUT2D eigenvalue weighted by Crippen LogP contribution is -2.31. The molecule has 2 atom stereocenters. The van der Waals surface area contributed by atoms with Crippen LogP contribution in [0.3, 0.4) is 0 Å². The Labute approximate surface area is 66.9 Å². The Balaban J connectivity index is 2.39. The third-order valence-corrected chi connectivity index (χ3v) is 2.16. The van der Waals surface area contributed by atoms with Gasteiger partial charge in [-0.1, -0.05) is 6.42 Å². The molecule has 0 bridgehead atoms. The first-order chi connectivity index (χ1) is 5.25. The van der Waals surface area contributed by atoms with Crippen molar-refractivity contribution in [2.24, 2.45) is 11.7 Å². The van der Waals surface area contributed by atoms with Crippen LogP contribution in [0.5, 0.6) is 0 Å². The van der Waals surface area contributed by atoms with Gasteiger partial charge in [0.15, 0.2) is 0 Å². The Morgan fingerprint density at radius 3 is 2.82 bits per heavy atom. The van der Waals surface area contributed by atoms with Gasteiger partial charge in [0.25, 0.3) is 0 Å². The molecule has 1 fully saturated rings. The zero-order valence-electron chi connectivity index (χ0n) is 6.88. The summed E-state index contributed by atoms with van der Waals surface area (Å²) in [5.74, 6) is -0.146. The van der Waals surface area contributed by atoms with E-state index in [0.717, 1.165) is 19.3 Å². The van der Waals surface area contributed by atoms with Crippen LogP contribution in [0.1, 0.15) is 26.2 Å². The van der Waals surface area contributed by atoms with Crippen molar-refractivity contribution in [3.63, 3.8) is 0 Å². The molecule has 1 aliphatic rings. The molecule has 1 saturated carbocycles. The number of nitrogens with two attached hydrogens (primary N) is 1. The van der Waals surface area contributed by atoms with E-state index >= 15 is 0 Å². The second-order valence-corrected chi connectivity index (χ2v) is 2.95. The molecule has 0 spiro atoms. The fraction of sp³-hybridized carbons (Fsp3) is 0.875. The SMILES string of the molecule is CCOC(=O)[C@@H]1CCC[C@H]1N. The molecule has 0 heterocycles. The van der Waals surface area contributed by atoms with Gasteiger partial charge in [-0.3, -0.25) is 4.79 Å². The molecule has 1 aliphatic carbocycles. The van der Waals surface area contributed by atoms with E-state index in [2.05, 4.69) is 0 Å². The van der Waals surface area contributed by atoms with Gasteiger partial charge in [-0.05, 0) is 19.8 Å². The van der Waals surface area contributed by atoms with Gasteiger partial charge in [-0.2, -0.15) is 0 Å². The van der Waals surface area contributed by atoms with Gasteiger partial charge in [0.05, 0.1) is 12.5 Å². The van der Waals surface area contributed by atoms with Crippen molar-refractivity contribution in [3.8, 4) is 0 Å². The molecule has 2 N–H and O–H groups in total. The summed E-state index contributed by atoms with van der Waals surface area (Å²) in [5.41, 5.74) is 5.71. The van der Waals surface area contributed by atoms with Crippen molar-refractivity contribution < 1.29 is 9.53 Å². The van der Waals surface area contributed by atoms with E-state index in [-0.39, 0.29) is 17.9 Å². The fourth-order valence-corrected chi connectivity index (χ4v) is 1.53. The normalized spacial score (nSPS) is 30.4. The highest BCUT2D eigenvalue weighted by molar-refractivity contribution is 5.73. The van der Waals surface area contributed by atoms with Crippen molar-refractivity contribution in [1.82, 2.24) is 0 Å². The molecular formula is C8H15NO2. The van der Waals surface area contributed by atoms with E-state index in [1.807, 2.05) is 6.92 Å². The molecule has 64 valence electrons. The fourth-order valence-electron chi connectivity index (χ4n) is 1.53. The third kappa shape index (κ3) is 1.93. The van der Waals surface area contributed by atoms with Crippen LogP contribution in [0, 0.1) is 5.92 Å². The highest BCUT2D eigenvalue weighted by atomic mass is 16.5. The average molecular weight is 157 g/mol. The number of rotatable bonds is 2. The third-order valence-electron chi connectivity index (χ3n) is 2.16. The molecule has 0 saturated heterocycles. The molecule has 0 aromatic rings. The number of esters is 1.